The van der Waals surface area contributed by atoms with Crippen molar-refractivity contribution >= 4 is 17.8 Å². The van der Waals surface area contributed by atoms with E-state index in [-0.39, 0.29) is 11.9 Å². The molecule has 27 heavy (non-hydrogen) atoms. The lowest BCUT2D eigenvalue weighted by molar-refractivity contribution is -0.128. The first-order valence-electron chi connectivity index (χ1n) is 10.5. The summed E-state index contributed by atoms with van der Waals surface area (Å²) < 4.78 is 2.02. The Bertz CT molecular complexity index is 695. The second-order valence-electron chi connectivity index (χ2n) is 8.38. The number of hydrogen-bond donors (Lipinski definition) is 1. The molecule has 3 heterocycles. The van der Waals surface area contributed by atoms with Crippen LogP contribution in [0.15, 0.2) is 6.07 Å². The molecule has 1 saturated carbocycles. The first-order chi connectivity index (χ1) is 13.1. The molecule has 3 aliphatic rings. The monoisotopic (exact) mass is 373 g/mol. The third-order valence-electron chi connectivity index (χ3n) is 6.22. The average molecular weight is 374 g/mol. The number of urea groups is 1. The highest BCUT2D eigenvalue weighted by atomic mass is 16.2. The number of hydrogen-bond acceptors (Lipinski definition) is 3. The Morgan fingerprint density at radius 1 is 1.19 bits per heavy atom. The molecule has 0 radical (unpaired) electrons. The van der Waals surface area contributed by atoms with Gasteiger partial charge in [0, 0.05) is 38.7 Å². The minimum absolute atomic E-state index is 0.0356. The largest absolute Gasteiger partial charge is 0.342 e. The Morgan fingerprint density at radius 3 is 2.74 bits per heavy atom. The van der Waals surface area contributed by atoms with E-state index in [9.17, 15) is 9.59 Å². The molecule has 3 amide bonds. The fourth-order valence-corrected chi connectivity index (χ4v) is 4.83. The molecule has 1 aliphatic carbocycles. The molecule has 2 saturated heterocycles. The van der Waals surface area contributed by atoms with Gasteiger partial charge in [-0.2, -0.15) is 5.10 Å². The van der Waals surface area contributed by atoms with Gasteiger partial charge in [-0.25, -0.2) is 9.48 Å². The van der Waals surface area contributed by atoms with E-state index in [1.54, 1.807) is 0 Å². The lowest BCUT2D eigenvalue weighted by Gasteiger charge is -2.34. The molecule has 3 fully saturated rings. The number of likely N-dealkylation sites (tertiary alicyclic amines) is 2. The summed E-state index contributed by atoms with van der Waals surface area (Å²) in [6, 6.07) is 2.34. The second-order valence-corrected chi connectivity index (χ2v) is 8.38. The molecule has 0 aromatic carbocycles. The van der Waals surface area contributed by atoms with Crippen molar-refractivity contribution in [1.29, 1.82) is 0 Å². The molecule has 0 spiro atoms. The summed E-state index contributed by atoms with van der Waals surface area (Å²) in [6.07, 6.45) is 8.49. The van der Waals surface area contributed by atoms with Gasteiger partial charge in [0.15, 0.2) is 0 Å². The van der Waals surface area contributed by atoms with Gasteiger partial charge in [-0.1, -0.05) is 12.8 Å². The molecular weight excluding hydrogens is 342 g/mol. The van der Waals surface area contributed by atoms with Gasteiger partial charge >= 0.3 is 6.03 Å². The highest BCUT2D eigenvalue weighted by molar-refractivity contribution is 5.88. The average Bonchev–Trinajstić information content (AvgIpc) is 3.38. The number of anilines is 1. The first-order valence-corrected chi connectivity index (χ1v) is 10.5. The number of carbonyl (C=O) groups is 2. The summed E-state index contributed by atoms with van der Waals surface area (Å²) >= 11 is 0. The number of nitrogens with one attached hydrogen (secondary N) is 1. The molecule has 1 aromatic heterocycles. The van der Waals surface area contributed by atoms with Gasteiger partial charge in [0.2, 0.25) is 5.91 Å². The number of aromatic nitrogens is 2. The van der Waals surface area contributed by atoms with Crippen LogP contribution in [0.25, 0.3) is 0 Å². The zero-order valence-electron chi connectivity index (χ0n) is 16.3. The van der Waals surface area contributed by atoms with Gasteiger partial charge in [-0.3, -0.25) is 10.1 Å². The van der Waals surface area contributed by atoms with Gasteiger partial charge in [0.05, 0.1) is 11.7 Å². The van der Waals surface area contributed by atoms with E-state index < -0.39 is 0 Å². The third kappa shape index (κ3) is 4.12. The Labute approximate surface area is 161 Å². The quantitative estimate of drug-likeness (QED) is 0.881. The van der Waals surface area contributed by atoms with Crippen LogP contribution in [0.1, 0.15) is 63.1 Å². The van der Waals surface area contributed by atoms with Gasteiger partial charge in [0.25, 0.3) is 0 Å². The van der Waals surface area contributed by atoms with Crippen LogP contribution in [-0.2, 0) is 4.79 Å². The van der Waals surface area contributed by atoms with Crippen LogP contribution in [0, 0.1) is 12.8 Å². The Morgan fingerprint density at radius 2 is 2.00 bits per heavy atom. The van der Waals surface area contributed by atoms with Crippen molar-refractivity contribution in [3.05, 3.63) is 11.8 Å². The maximum absolute atomic E-state index is 12.9. The highest BCUT2D eigenvalue weighted by Crippen LogP contribution is 2.32. The molecule has 7 heteroatoms. The number of rotatable bonds is 4. The summed E-state index contributed by atoms with van der Waals surface area (Å²) in [7, 11) is 0. The Kier molecular flexibility index (Phi) is 5.36. The predicted octanol–water partition coefficient (Wildman–Crippen LogP) is 3.17. The zero-order chi connectivity index (χ0) is 18.8. The number of aryl methyl sites for hydroxylation is 1. The van der Waals surface area contributed by atoms with Gasteiger partial charge in [-0.05, 0) is 44.9 Å². The predicted molar refractivity (Wildman–Crippen MR) is 104 cm³/mol. The summed E-state index contributed by atoms with van der Waals surface area (Å²) in [6.45, 7) is 5.16. The van der Waals surface area contributed by atoms with E-state index >= 15 is 0 Å². The lowest BCUT2D eigenvalue weighted by Crippen LogP contribution is -2.45. The minimum Gasteiger partial charge on any atom is -0.342 e. The molecule has 1 atom stereocenters. The molecule has 1 unspecified atom stereocenters. The van der Waals surface area contributed by atoms with Crippen molar-refractivity contribution in [2.24, 2.45) is 5.92 Å². The van der Waals surface area contributed by atoms with Crippen molar-refractivity contribution in [3.8, 4) is 0 Å². The van der Waals surface area contributed by atoms with Crippen LogP contribution >= 0.6 is 0 Å². The number of carbonyl (C=O) groups excluding carboxylic acids is 2. The van der Waals surface area contributed by atoms with Crippen molar-refractivity contribution < 1.29 is 9.59 Å². The maximum atomic E-state index is 12.9. The van der Waals surface area contributed by atoms with Crippen molar-refractivity contribution in [1.82, 2.24) is 19.6 Å². The van der Waals surface area contributed by atoms with E-state index in [0.29, 0.717) is 18.4 Å². The number of nitrogens with zero attached hydrogens (tertiary/aromatic N) is 4. The lowest BCUT2D eigenvalue weighted by atomic mass is 9.98. The van der Waals surface area contributed by atoms with Crippen molar-refractivity contribution in [3.63, 3.8) is 0 Å². The molecular formula is C20H31N5O2. The first kappa shape index (κ1) is 18.3. The van der Waals surface area contributed by atoms with Crippen LogP contribution < -0.4 is 5.32 Å². The van der Waals surface area contributed by atoms with Crippen LogP contribution in [0.5, 0.6) is 0 Å². The smallest absolute Gasteiger partial charge is 0.323 e. The van der Waals surface area contributed by atoms with Gasteiger partial charge < -0.3 is 9.80 Å². The van der Waals surface area contributed by atoms with Crippen LogP contribution in [-0.4, -0.2) is 57.7 Å². The van der Waals surface area contributed by atoms with Crippen LogP contribution in [0.4, 0.5) is 10.6 Å². The molecule has 148 valence electrons. The normalized spacial score (nSPS) is 24.0. The van der Waals surface area contributed by atoms with E-state index in [4.69, 9.17) is 0 Å². The van der Waals surface area contributed by atoms with Gasteiger partial charge in [0.1, 0.15) is 5.82 Å². The zero-order valence-corrected chi connectivity index (χ0v) is 16.3. The maximum Gasteiger partial charge on any atom is 0.323 e. The number of piperidine rings is 1. The topological polar surface area (TPSA) is 70.5 Å². The van der Waals surface area contributed by atoms with Crippen LogP contribution in [0.2, 0.25) is 0 Å². The second kappa shape index (κ2) is 7.90. The third-order valence-corrected chi connectivity index (χ3v) is 6.22. The molecule has 1 aromatic rings. The molecule has 7 nitrogen and oxygen atoms in total. The molecule has 0 bridgehead atoms. The van der Waals surface area contributed by atoms with Crippen molar-refractivity contribution in [2.45, 2.75) is 64.3 Å². The summed E-state index contributed by atoms with van der Waals surface area (Å²) in [5, 5.41) is 7.73. The van der Waals surface area contributed by atoms with Crippen molar-refractivity contribution in [2.75, 3.05) is 31.5 Å². The van der Waals surface area contributed by atoms with E-state index in [1.807, 2.05) is 27.5 Å². The van der Waals surface area contributed by atoms with E-state index in [1.165, 1.54) is 12.8 Å². The summed E-state index contributed by atoms with van der Waals surface area (Å²) in [5.41, 5.74) is 0.946. The minimum atomic E-state index is -0.0356. The highest BCUT2D eigenvalue weighted by Gasteiger charge is 2.29. The molecule has 4 rings (SSSR count). The Balaban J connectivity index is 1.37. The van der Waals surface area contributed by atoms with E-state index in [2.05, 4.69) is 10.4 Å². The molecule has 2 aliphatic heterocycles. The summed E-state index contributed by atoms with van der Waals surface area (Å²) in [4.78, 5) is 28.7. The Hall–Kier alpha value is -2.05. The number of amides is 3. The van der Waals surface area contributed by atoms with E-state index in [0.717, 1.165) is 69.8 Å². The fraction of sp³-hybridized carbons (Fsp3) is 0.750. The SMILES string of the molecule is Cc1cc(NC(=O)N2CCCC(CN3CCCC3=O)C2)n(C2CCCC2)n1. The molecule has 1 N–H and O–H groups in total. The van der Waals surface area contributed by atoms with Crippen LogP contribution in [0.3, 0.4) is 0 Å². The summed E-state index contributed by atoms with van der Waals surface area (Å²) in [5.74, 6) is 1.47. The van der Waals surface area contributed by atoms with Gasteiger partial charge in [-0.15, -0.1) is 0 Å². The fourth-order valence-electron chi connectivity index (χ4n) is 4.83. The standard InChI is InChI=1S/C20H31N5O2/c1-15-12-18(25(22-15)17-7-2-3-8-17)21-20(27)24-11-4-6-16(14-24)13-23-10-5-9-19(23)26/h12,16-17H,2-11,13-14H2,1H3,(H,21,27).